The maximum absolute atomic E-state index is 8.73. The molecule has 1 heterocycles. The standard InChI is InChI=1S/C12H19ClN4O.HI/c1-2-14-12(16-7-8-18)15-6-5-10-3-4-11(13)17-9-10;/h3-4,9,18H,2,5-8H2,1H3,(H2,14,15,16);1H. The van der Waals surface area contributed by atoms with Gasteiger partial charge in [0.1, 0.15) is 5.15 Å². The number of aliphatic hydroxyl groups is 1. The number of nitrogens with one attached hydrogen (secondary N) is 2. The van der Waals surface area contributed by atoms with Crippen molar-refractivity contribution in [2.75, 3.05) is 26.2 Å². The van der Waals surface area contributed by atoms with Gasteiger partial charge in [0, 0.05) is 19.3 Å². The summed E-state index contributed by atoms with van der Waals surface area (Å²) in [4.78, 5) is 8.21. The van der Waals surface area contributed by atoms with Crippen molar-refractivity contribution < 1.29 is 5.11 Å². The van der Waals surface area contributed by atoms with Gasteiger partial charge in [-0.25, -0.2) is 4.98 Å². The summed E-state index contributed by atoms with van der Waals surface area (Å²) < 4.78 is 0. The molecule has 0 amide bonds. The molecule has 0 bridgehead atoms. The largest absolute Gasteiger partial charge is 0.394 e. The third-order valence-electron chi connectivity index (χ3n) is 2.21. The molecule has 5 nitrogen and oxygen atoms in total. The highest BCUT2D eigenvalue weighted by molar-refractivity contribution is 14.0. The van der Waals surface area contributed by atoms with Gasteiger partial charge < -0.3 is 15.7 Å². The van der Waals surface area contributed by atoms with Crippen LogP contribution in [0.25, 0.3) is 0 Å². The summed E-state index contributed by atoms with van der Waals surface area (Å²) >= 11 is 5.72. The second-order valence-corrected chi connectivity index (χ2v) is 4.04. The summed E-state index contributed by atoms with van der Waals surface area (Å²) in [6, 6.07) is 3.73. The highest BCUT2D eigenvalue weighted by atomic mass is 127. The molecule has 0 saturated heterocycles. The zero-order chi connectivity index (χ0) is 13.2. The summed E-state index contributed by atoms with van der Waals surface area (Å²) in [6.07, 6.45) is 2.61. The third kappa shape index (κ3) is 8.22. The van der Waals surface area contributed by atoms with Gasteiger partial charge in [0.15, 0.2) is 5.96 Å². The topological polar surface area (TPSA) is 69.5 Å². The van der Waals surface area contributed by atoms with Crippen LogP contribution in [0.3, 0.4) is 0 Å². The normalized spacial score (nSPS) is 10.8. The van der Waals surface area contributed by atoms with Crippen LogP contribution in [-0.2, 0) is 6.42 Å². The van der Waals surface area contributed by atoms with Gasteiger partial charge in [0.2, 0.25) is 0 Å². The molecule has 0 atom stereocenters. The van der Waals surface area contributed by atoms with Crippen molar-refractivity contribution in [2.24, 2.45) is 4.99 Å². The van der Waals surface area contributed by atoms with E-state index < -0.39 is 0 Å². The van der Waals surface area contributed by atoms with Gasteiger partial charge in [-0.05, 0) is 25.0 Å². The Morgan fingerprint density at radius 1 is 1.42 bits per heavy atom. The van der Waals surface area contributed by atoms with E-state index in [0.29, 0.717) is 17.7 Å². The smallest absolute Gasteiger partial charge is 0.191 e. The van der Waals surface area contributed by atoms with Crippen LogP contribution in [0.5, 0.6) is 0 Å². The van der Waals surface area contributed by atoms with Crippen LogP contribution >= 0.6 is 35.6 Å². The van der Waals surface area contributed by atoms with E-state index in [4.69, 9.17) is 16.7 Å². The van der Waals surface area contributed by atoms with Gasteiger partial charge in [-0.3, -0.25) is 4.99 Å². The van der Waals surface area contributed by atoms with Gasteiger partial charge in [0.05, 0.1) is 13.2 Å². The van der Waals surface area contributed by atoms with E-state index in [9.17, 15) is 0 Å². The van der Waals surface area contributed by atoms with Crippen molar-refractivity contribution >= 4 is 41.5 Å². The summed E-state index contributed by atoms with van der Waals surface area (Å²) in [7, 11) is 0. The maximum Gasteiger partial charge on any atom is 0.191 e. The number of rotatable bonds is 6. The van der Waals surface area contributed by atoms with Crippen LogP contribution in [0, 0.1) is 0 Å². The Hall–Kier alpha value is -0.600. The van der Waals surface area contributed by atoms with Gasteiger partial charge in [-0.15, -0.1) is 24.0 Å². The van der Waals surface area contributed by atoms with Gasteiger partial charge in [0.25, 0.3) is 0 Å². The fourth-order valence-corrected chi connectivity index (χ4v) is 1.49. The Balaban J connectivity index is 0.00000324. The van der Waals surface area contributed by atoms with Crippen molar-refractivity contribution in [3.05, 3.63) is 29.0 Å². The second-order valence-electron chi connectivity index (χ2n) is 3.65. The fourth-order valence-electron chi connectivity index (χ4n) is 1.38. The molecule has 0 fully saturated rings. The van der Waals surface area contributed by atoms with E-state index in [1.165, 1.54) is 0 Å². The average molecular weight is 399 g/mol. The monoisotopic (exact) mass is 398 g/mol. The number of aromatic nitrogens is 1. The van der Waals surface area contributed by atoms with Crippen molar-refractivity contribution in [1.82, 2.24) is 15.6 Å². The summed E-state index contributed by atoms with van der Waals surface area (Å²) in [5, 5.41) is 15.5. The quantitative estimate of drug-likeness (QED) is 0.294. The Bertz CT molecular complexity index is 372. The highest BCUT2D eigenvalue weighted by Crippen LogP contribution is 2.05. The van der Waals surface area contributed by atoms with Crippen molar-refractivity contribution in [2.45, 2.75) is 13.3 Å². The van der Waals surface area contributed by atoms with E-state index in [1.54, 1.807) is 12.3 Å². The Labute approximate surface area is 135 Å². The van der Waals surface area contributed by atoms with E-state index in [2.05, 4.69) is 20.6 Å². The van der Waals surface area contributed by atoms with Gasteiger partial charge >= 0.3 is 0 Å². The number of guanidine groups is 1. The van der Waals surface area contributed by atoms with Crippen LogP contribution in [0.2, 0.25) is 5.15 Å². The molecule has 1 aromatic rings. The first-order valence-electron chi connectivity index (χ1n) is 5.99. The van der Waals surface area contributed by atoms with Gasteiger partial charge in [-0.2, -0.15) is 0 Å². The summed E-state index contributed by atoms with van der Waals surface area (Å²) in [5.74, 6) is 0.716. The summed E-state index contributed by atoms with van der Waals surface area (Å²) in [6.45, 7) is 4.00. The minimum absolute atomic E-state index is 0. The van der Waals surface area contributed by atoms with Crippen LogP contribution in [0.15, 0.2) is 23.3 Å². The van der Waals surface area contributed by atoms with Crippen molar-refractivity contribution in [1.29, 1.82) is 0 Å². The lowest BCUT2D eigenvalue weighted by atomic mass is 10.2. The minimum Gasteiger partial charge on any atom is -0.394 e. The number of pyridine rings is 1. The number of nitrogens with zero attached hydrogens (tertiary/aromatic N) is 2. The molecule has 0 radical (unpaired) electrons. The maximum atomic E-state index is 8.73. The minimum atomic E-state index is 0. The Kier molecular flexibility index (Phi) is 10.9. The second kappa shape index (κ2) is 11.2. The van der Waals surface area contributed by atoms with E-state index >= 15 is 0 Å². The Morgan fingerprint density at radius 3 is 2.79 bits per heavy atom. The SMILES string of the molecule is CCNC(=NCCO)NCCc1ccc(Cl)nc1.I. The first-order valence-corrected chi connectivity index (χ1v) is 6.37. The molecule has 0 aliphatic heterocycles. The average Bonchev–Trinajstić information content (AvgIpc) is 2.38. The molecular weight excluding hydrogens is 379 g/mol. The summed E-state index contributed by atoms with van der Waals surface area (Å²) in [5.41, 5.74) is 1.12. The third-order valence-corrected chi connectivity index (χ3v) is 2.43. The van der Waals surface area contributed by atoms with Crippen molar-refractivity contribution in [3.63, 3.8) is 0 Å². The van der Waals surface area contributed by atoms with E-state index in [-0.39, 0.29) is 30.6 Å². The molecule has 0 aromatic carbocycles. The lowest BCUT2D eigenvalue weighted by molar-refractivity contribution is 0.306. The zero-order valence-corrected chi connectivity index (χ0v) is 14.0. The molecular formula is C12H20ClIN4O. The van der Waals surface area contributed by atoms with Crippen LogP contribution < -0.4 is 10.6 Å². The first-order chi connectivity index (χ1) is 8.76. The molecule has 0 spiro atoms. The number of aliphatic imine (C=N–C) groups is 1. The number of hydrogen-bond donors (Lipinski definition) is 3. The zero-order valence-electron chi connectivity index (χ0n) is 10.9. The molecule has 19 heavy (non-hydrogen) atoms. The molecule has 1 rings (SSSR count). The predicted molar refractivity (Wildman–Crippen MR) is 89.4 cm³/mol. The predicted octanol–water partition coefficient (Wildman–Crippen LogP) is 1.44. The Morgan fingerprint density at radius 2 is 2.21 bits per heavy atom. The fraction of sp³-hybridized carbons (Fsp3) is 0.500. The molecule has 7 heteroatoms. The van der Waals surface area contributed by atoms with E-state index in [0.717, 1.165) is 25.1 Å². The van der Waals surface area contributed by atoms with Crippen LogP contribution in [-0.4, -0.2) is 42.3 Å². The number of aliphatic hydroxyl groups excluding tert-OH is 1. The molecule has 0 saturated carbocycles. The van der Waals surface area contributed by atoms with E-state index in [1.807, 2.05) is 13.0 Å². The van der Waals surface area contributed by atoms with Crippen molar-refractivity contribution in [3.8, 4) is 0 Å². The molecule has 0 aliphatic rings. The lowest BCUT2D eigenvalue weighted by Gasteiger charge is -2.10. The van der Waals surface area contributed by atoms with Crippen LogP contribution in [0.4, 0.5) is 0 Å². The number of halogens is 2. The molecule has 3 N–H and O–H groups in total. The molecule has 0 unspecified atom stereocenters. The number of hydrogen-bond acceptors (Lipinski definition) is 3. The van der Waals surface area contributed by atoms with Crippen LogP contribution in [0.1, 0.15) is 12.5 Å². The molecule has 1 aromatic heterocycles. The highest BCUT2D eigenvalue weighted by Gasteiger charge is 1.98. The lowest BCUT2D eigenvalue weighted by Crippen LogP contribution is -2.38. The molecule has 0 aliphatic carbocycles. The molecule has 108 valence electrons. The first kappa shape index (κ1) is 18.4. The van der Waals surface area contributed by atoms with Gasteiger partial charge in [-0.1, -0.05) is 17.7 Å².